The molecule has 0 spiro atoms. The van der Waals surface area contributed by atoms with Crippen LogP contribution in [0.25, 0.3) is 0 Å². The Labute approximate surface area is 89.9 Å². The third-order valence-electron chi connectivity index (χ3n) is 2.60. The molecule has 0 heterocycles. The monoisotopic (exact) mass is 211 g/mol. The number of rotatable bonds is 5. The molecule has 0 aliphatic heterocycles. The van der Waals surface area contributed by atoms with Gasteiger partial charge in [-0.25, -0.2) is 4.39 Å². The molecule has 0 aromatic heterocycles. The summed E-state index contributed by atoms with van der Waals surface area (Å²) in [7, 11) is 0. The molecule has 1 rings (SSSR count). The van der Waals surface area contributed by atoms with Crippen LogP contribution in [0.15, 0.2) is 24.3 Å². The molecule has 1 aromatic rings. The molecule has 0 fully saturated rings. The topological polar surface area (TPSA) is 46.2 Å². The molecule has 0 bridgehead atoms. The number of hydrogen-bond donors (Lipinski definition) is 2. The first-order valence-corrected chi connectivity index (χ1v) is 5.32. The van der Waals surface area contributed by atoms with E-state index in [0.29, 0.717) is 6.54 Å². The van der Waals surface area contributed by atoms with Gasteiger partial charge < -0.3 is 10.8 Å². The van der Waals surface area contributed by atoms with Crippen LogP contribution < -0.4 is 5.73 Å². The molecule has 2 unspecified atom stereocenters. The van der Waals surface area contributed by atoms with Gasteiger partial charge in [-0.15, -0.1) is 0 Å². The van der Waals surface area contributed by atoms with Crippen molar-refractivity contribution in [2.75, 3.05) is 6.54 Å². The molecule has 0 saturated carbocycles. The lowest BCUT2D eigenvalue weighted by molar-refractivity contribution is 0.135. The summed E-state index contributed by atoms with van der Waals surface area (Å²) in [4.78, 5) is 0. The molecule has 1 aromatic carbocycles. The van der Waals surface area contributed by atoms with Crippen LogP contribution in [0.4, 0.5) is 4.39 Å². The van der Waals surface area contributed by atoms with Crippen molar-refractivity contribution in [3.8, 4) is 0 Å². The third-order valence-corrected chi connectivity index (χ3v) is 2.60. The molecule has 3 heteroatoms. The van der Waals surface area contributed by atoms with Crippen molar-refractivity contribution in [3.05, 3.63) is 35.6 Å². The van der Waals surface area contributed by atoms with Crippen molar-refractivity contribution in [3.63, 3.8) is 0 Å². The van der Waals surface area contributed by atoms with E-state index >= 15 is 0 Å². The molecule has 0 aliphatic carbocycles. The summed E-state index contributed by atoms with van der Waals surface area (Å²) in [5.74, 6) is -0.356. The van der Waals surface area contributed by atoms with Gasteiger partial charge in [-0.05, 0) is 24.1 Å². The Morgan fingerprint density at radius 1 is 1.33 bits per heavy atom. The van der Waals surface area contributed by atoms with Crippen LogP contribution in [0.2, 0.25) is 0 Å². The first kappa shape index (κ1) is 12.1. The normalized spacial score (nSPS) is 14.9. The van der Waals surface area contributed by atoms with Crippen LogP contribution in [0.3, 0.4) is 0 Å². The molecule has 84 valence electrons. The summed E-state index contributed by atoms with van der Waals surface area (Å²) in [6.45, 7) is 2.40. The number of nitrogens with two attached hydrogens (primary N) is 1. The SMILES string of the molecule is CCCC(O)C(CN)c1ccc(F)cc1. The minimum atomic E-state index is -0.439. The number of aliphatic hydroxyl groups excluding tert-OH is 1. The number of halogens is 1. The van der Waals surface area contributed by atoms with E-state index in [1.54, 1.807) is 12.1 Å². The Morgan fingerprint density at radius 3 is 2.40 bits per heavy atom. The van der Waals surface area contributed by atoms with Gasteiger partial charge in [0.1, 0.15) is 5.82 Å². The summed E-state index contributed by atoms with van der Waals surface area (Å²) in [6.07, 6.45) is 1.20. The summed E-state index contributed by atoms with van der Waals surface area (Å²) in [6, 6.07) is 6.17. The second-order valence-corrected chi connectivity index (χ2v) is 3.75. The Morgan fingerprint density at radius 2 is 1.93 bits per heavy atom. The molecular formula is C12H18FNO. The Bertz CT molecular complexity index is 286. The Hall–Kier alpha value is -0.930. The highest BCUT2D eigenvalue weighted by Gasteiger charge is 2.18. The fourth-order valence-electron chi connectivity index (χ4n) is 1.72. The van der Waals surface area contributed by atoms with Gasteiger partial charge in [-0.2, -0.15) is 0 Å². The van der Waals surface area contributed by atoms with Crippen molar-refractivity contribution >= 4 is 0 Å². The maximum absolute atomic E-state index is 12.7. The van der Waals surface area contributed by atoms with Crippen molar-refractivity contribution in [2.45, 2.75) is 31.8 Å². The maximum Gasteiger partial charge on any atom is 0.123 e. The fourth-order valence-corrected chi connectivity index (χ4v) is 1.72. The highest BCUT2D eigenvalue weighted by atomic mass is 19.1. The summed E-state index contributed by atoms with van der Waals surface area (Å²) in [5.41, 5.74) is 6.52. The van der Waals surface area contributed by atoms with Gasteiger partial charge in [-0.3, -0.25) is 0 Å². The molecule has 15 heavy (non-hydrogen) atoms. The average Bonchev–Trinajstić information content (AvgIpc) is 2.22. The maximum atomic E-state index is 12.7. The molecule has 0 aliphatic rings. The standard InChI is InChI=1S/C12H18FNO/c1-2-3-12(15)11(8-14)9-4-6-10(13)7-5-9/h4-7,11-12,15H,2-3,8,14H2,1H3. The zero-order chi connectivity index (χ0) is 11.3. The third kappa shape index (κ3) is 3.29. The van der Waals surface area contributed by atoms with E-state index in [9.17, 15) is 9.50 Å². The first-order valence-electron chi connectivity index (χ1n) is 5.32. The van der Waals surface area contributed by atoms with Gasteiger partial charge in [0.15, 0.2) is 0 Å². The molecular weight excluding hydrogens is 193 g/mol. The predicted molar refractivity (Wildman–Crippen MR) is 59.1 cm³/mol. The van der Waals surface area contributed by atoms with Crippen LogP contribution in [-0.4, -0.2) is 17.8 Å². The average molecular weight is 211 g/mol. The van der Waals surface area contributed by atoms with Crippen LogP contribution >= 0.6 is 0 Å². The van der Waals surface area contributed by atoms with E-state index in [1.807, 2.05) is 6.92 Å². The number of aliphatic hydroxyl groups is 1. The highest BCUT2D eigenvalue weighted by Crippen LogP contribution is 2.21. The van der Waals surface area contributed by atoms with Gasteiger partial charge >= 0.3 is 0 Å². The zero-order valence-corrected chi connectivity index (χ0v) is 8.99. The Balaban J connectivity index is 2.77. The van der Waals surface area contributed by atoms with E-state index in [4.69, 9.17) is 5.73 Å². The van der Waals surface area contributed by atoms with Crippen molar-refractivity contribution < 1.29 is 9.50 Å². The molecule has 0 radical (unpaired) electrons. The van der Waals surface area contributed by atoms with Crippen LogP contribution in [0.1, 0.15) is 31.2 Å². The largest absolute Gasteiger partial charge is 0.392 e. The van der Waals surface area contributed by atoms with E-state index in [2.05, 4.69) is 0 Å². The Kier molecular flexibility index (Phi) is 4.72. The molecule has 3 N–H and O–H groups in total. The van der Waals surface area contributed by atoms with E-state index < -0.39 is 6.10 Å². The van der Waals surface area contributed by atoms with Crippen LogP contribution in [-0.2, 0) is 0 Å². The molecule has 2 atom stereocenters. The highest BCUT2D eigenvalue weighted by molar-refractivity contribution is 5.21. The van der Waals surface area contributed by atoms with Gasteiger partial charge in [-0.1, -0.05) is 25.5 Å². The lowest BCUT2D eigenvalue weighted by Crippen LogP contribution is -2.25. The lowest BCUT2D eigenvalue weighted by Gasteiger charge is -2.21. The summed E-state index contributed by atoms with van der Waals surface area (Å²) >= 11 is 0. The van der Waals surface area contributed by atoms with Gasteiger partial charge in [0, 0.05) is 12.5 Å². The quantitative estimate of drug-likeness (QED) is 0.782. The number of hydrogen-bond acceptors (Lipinski definition) is 2. The van der Waals surface area contributed by atoms with E-state index in [1.165, 1.54) is 12.1 Å². The molecule has 2 nitrogen and oxygen atoms in total. The van der Waals surface area contributed by atoms with Gasteiger partial charge in [0.05, 0.1) is 6.10 Å². The van der Waals surface area contributed by atoms with Crippen molar-refractivity contribution in [1.29, 1.82) is 0 Å². The fraction of sp³-hybridized carbons (Fsp3) is 0.500. The van der Waals surface area contributed by atoms with Crippen LogP contribution in [0.5, 0.6) is 0 Å². The molecule has 0 amide bonds. The lowest BCUT2D eigenvalue weighted by atomic mass is 9.91. The number of benzene rings is 1. The second-order valence-electron chi connectivity index (χ2n) is 3.75. The van der Waals surface area contributed by atoms with Gasteiger partial charge in [0.25, 0.3) is 0 Å². The molecule has 0 saturated heterocycles. The minimum absolute atomic E-state index is 0.0921. The van der Waals surface area contributed by atoms with E-state index in [0.717, 1.165) is 18.4 Å². The minimum Gasteiger partial charge on any atom is -0.392 e. The summed E-state index contributed by atoms with van der Waals surface area (Å²) < 4.78 is 12.7. The predicted octanol–water partition coefficient (Wildman–Crippen LogP) is 2.03. The van der Waals surface area contributed by atoms with Crippen molar-refractivity contribution in [1.82, 2.24) is 0 Å². The van der Waals surface area contributed by atoms with Crippen LogP contribution in [0, 0.1) is 5.82 Å². The van der Waals surface area contributed by atoms with Crippen molar-refractivity contribution in [2.24, 2.45) is 5.73 Å². The summed E-state index contributed by atoms with van der Waals surface area (Å²) in [5, 5.41) is 9.86. The van der Waals surface area contributed by atoms with E-state index in [-0.39, 0.29) is 11.7 Å². The first-order chi connectivity index (χ1) is 7.19. The second kappa shape index (κ2) is 5.83. The smallest absolute Gasteiger partial charge is 0.123 e. The van der Waals surface area contributed by atoms with Gasteiger partial charge in [0.2, 0.25) is 0 Å². The zero-order valence-electron chi connectivity index (χ0n) is 8.99.